The number of carbonyl (C=O) groups excluding carboxylic acids is 2. The van der Waals surface area contributed by atoms with Gasteiger partial charge in [-0.15, -0.1) is 0 Å². The number of hydrogen-bond donors (Lipinski definition) is 2. The summed E-state index contributed by atoms with van der Waals surface area (Å²) in [4.78, 5) is 26.6. The molecule has 0 aliphatic carbocycles. The molecule has 1 atom stereocenters. The van der Waals surface area contributed by atoms with Crippen LogP contribution in [0.1, 0.15) is 34.2 Å². The molecule has 0 spiro atoms. The number of rotatable bonds is 7. The highest BCUT2D eigenvalue weighted by Crippen LogP contribution is 2.28. The quantitative estimate of drug-likeness (QED) is 0.635. The maximum absolute atomic E-state index is 12.3. The van der Waals surface area contributed by atoms with Crippen LogP contribution in [-0.2, 0) is 24.3 Å². The molecule has 0 fully saturated rings. The maximum Gasteiger partial charge on any atom is 0.287 e. The van der Waals surface area contributed by atoms with Crippen LogP contribution in [0.5, 0.6) is 0 Å². The molecular weight excluding hydrogens is 378 g/mol. The summed E-state index contributed by atoms with van der Waals surface area (Å²) < 4.78 is 5.04. The van der Waals surface area contributed by atoms with Crippen LogP contribution in [0.3, 0.4) is 0 Å². The van der Waals surface area contributed by atoms with Gasteiger partial charge in [0.15, 0.2) is 5.76 Å². The number of fused-ring (bicyclic) bond motifs is 1. The number of amides is 2. The zero-order chi connectivity index (χ0) is 20.9. The van der Waals surface area contributed by atoms with Crippen molar-refractivity contribution in [1.29, 1.82) is 0 Å². The number of anilines is 1. The van der Waals surface area contributed by atoms with E-state index in [9.17, 15) is 9.59 Å². The van der Waals surface area contributed by atoms with Gasteiger partial charge < -0.3 is 20.0 Å². The topological polar surface area (TPSA) is 74.6 Å². The van der Waals surface area contributed by atoms with Crippen LogP contribution in [0.25, 0.3) is 0 Å². The number of furan rings is 1. The molecule has 4 rings (SSSR count). The average molecular weight is 403 g/mol. The number of hydrogen-bond acceptors (Lipinski definition) is 4. The van der Waals surface area contributed by atoms with Crippen molar-refractivity contribution in [2.45, 2.75) is 32.5 Å². The molecule has 1 unspecified atom stereocenters. The molecule has 1 aliphatic heterocycles. The van der Waals surface area contributed by atoms with E-state index in [1.807, 2.05) is 12.1 Å². The number of carbonyl (C=O) groups is 2. The van der Waals surface area contributed by atoms with Crippen molar-refractivity contribution in [3.05, 3.63) is 89.4 Å². The van der Waals surface area contributed by atoms with Gasteiger partial charge in [0.05, 0.1) is 6.26 Å². The van der Waals surface area contributed by atoms with E-state index in [0.717, 1.165) is 25.1 Å². The fourth-order valence-electron chi connectivity index (χ4n) is 3.64. The first-order valence-electron chi connectivity index (χ1n) is 10.1. The largest absolute Gasteiger partial charge is 0.459 e. The van der Waals surface area contributed by atoms with Crippen molar-refractivity contribution in [3.8, 4) is 0 Å². The molecule has 0 saturated heterocycles. The van der Waals surface area contributed by atoms with E-state index in [-0.39, 0.29) is 11.7 Å². The first kappa shape index (κ1) is 19.8. The Morgan fingerprint density at radius 3 is 2.57 bits per heavy atom. The van der Waals surface area contributed by atoms with Gasteiger partial charge in [0.2, 0.25) is 5.91 Å². The van der Waals surface area contributed by atoms with Gasteiger partial charge in [-0.05, 0) is 48.2 Å². The van der Waals surface area contributed by atoms with Crippen molar-refractivity contribution in [1.82, 2.24) is 10.6 Å². The first-order valence-corrected chi connectivity index (χ1v) is 10.1. The molecule has 0 radical (unpaired) electrons. The third-order valence-corrected chi connectivity index (χ3v) is 5.33. The lowest BCUT2D eigenvalue weighted by molar-refractivity contribution is -0.122. The smallest absolute Gasteiger partial charge is 0.287 e. The summed E-state index contributed by atoms with van der Waals surface area (Å²) in [6.45, 7) is 3.97. The number of nitrogens with zero attached hydrogens (tertiary/aromatic N) is 1. The van der Waals surface area contributed by atoms with Crippen LogP contribution in [0.15, 0.2) is 71.3 Å². The Hall–Kier alpha value is -3.54. The Morgan fingerprint density at radius 1 is 1.03 bits per heavy atom. The fraction of sp³-hybridized carbons (Fsp3) is 0.250. The van der Waals surface area contributed by atoms with Gasteiger partial charge in [0.1, 0.15) is 6.04 Å². The lowest BCUT2D eigenvalue weighted by Crippen LogP contribution is -2.44. The molecule has 1 aliphatic rings. The van der Waals surface area contributed by atoms with Gasteiger partial charge >= 0.3 is 0 Å². The van der Waals surface area contributed by atoms with Gasteiger partial charge in [-0.1, -0.05) is 42.5 Å². The maximum atomic E-state index is 12.3. The van der Waals surface area contributed by atoms with E-state index in [4.69, 9.17) is 4.42 Å². The number of para-hydroxylation sites is 1. The van der Waals surface area contributed by atoms with Gasteiger partial charge in [-0.3, -0.25) is 9.59 Å². The minimum absolute atomic E-state index is 0.186. The Bertz CT molecular complexity index is 1010. The number of benzene rings is 2. The van der Waals surface area contributed by atoms with Crippen molar-refractivity contribution in [2.24, 2.45) is 0 Å². The van der Waals surface area contributed by atoms with E-state index < -0.39 is 11.9 Å². The summed E-state index contributed by atoms with van der Waals surface area (Å²) in [6.07, 6.45) is 2.51. The van der Waals surface area contributed by atoms with Crippen LogP contribution in [0.2, 0.25) is 0 Å². The first-order chi connectivity index (χ1) is 14.6. The molecule has 0 bridgehead atoms. The van der Waals surface area contributed by atoms with E-state index in [2.05, 4.69) is 51.9 Å². The summed E-state index contributed by atoms with van der Waals surface area (Å²) >= 11 is 0. The van der Waals surface area contributed by atoms with E-state index in [1.165, 1.54) is 23.1 Å². The van der Waals surface area contributed by atoms with Gasteiger partial charge in [-0.2, -0.15) is 0 Å². The van der Waals surface area contributed by atoms with E-state index >= 15 is 0 Å². The Balaban J connectivity index is 1.26. The molecule has 0 saturated carbocycles. The SMILES string of the molecule is CC(NC(=O)c1ccco1)C(=O)NCc1ccc(CN2CCc3ccccc32)cc1. The zero-order valence-electron chi connectivity index (χ0n) is 16.9. The van der Waals surface area contributed by atoms with Gasteiger partial charge in [0, 0.05) is 25.3 Å². The molecule has 2 N–H and O–H groups in total. The van der Waals surface area contributed by atoms with Crippen LogP contribution in [0.4, 0.5) is 5.69 Å². The summed E-state index contributed by atoms with van der Waals surface area (Å²) in [5.74, 6) is -0.464. The summed E-state index contributed by atoms with van der Waals surface area (Å²) in [5, 5.41) is 5.49. The second kappa shape index (κ2) is 8.86. The average Bonchev–Trinajstić information content (AvgIpc) is 3.44. The fourth-order valence-corrected chi connectivity index (χ4v) is 3.64. The van der Waals surface area contributed by atoms with Gasteiger partial charge in [0.25, 0.3) is 5.91 Å². The predicted molar refractivity (Wildman–Crippen MR) is 115 cm³/mol. The standard InChI is InChI=1S/C24H25N3O3/c1-17(26-24(29)22-7-4-14-30-22)23(28)25-15-18-8-10-19(11-9-18)16-27-13-12-20-5-2-3-6-21(20)27/h2-11,14,17H,12-13,15-16H2,1H3,(H,25,28)(H,26,29). The second-order valence-corrected chi connectivity index (χ2v) is 7.51. The normalized spacial score (nSPS) is 13.6. The van der Waals surface area contributed by atoms with Crippen molar-refractivity contribution in [3.63, 3.8) is 0 Å². The molecule has 1 aromatic heterocycles. The monoisotopic (exact) mass is 403 g/mol. The van der Waals surface area contributed by atoms with Crippen LogP contribution in [0, 0.1) is 0 Å². The molecular formula is C24H25N3O3. The minimum Gasteiger partial charge on any atom is -0.459 e. The molecule has 2 heterocycles. The second-order valence-electron chi connectivity index (χ2n) is 7.51. The third-order valence-electron chi connectivity index (χ3n) is 5.33. The predicted octanol–water partition coefficient (Wildman–Crippen LogP) is 3.28. The van der Waals surface area contributed by atoms with Crippen molar-refractivity contribution < 1.29 is 14.0 Å². The molecule has 30 heavy (non-hydrogen) atoms. The Kier molecular flexibility index (Phi) is 5.84. The summed E-state index contributed by atoms with van der Waals surface area (Å²) in [7, 11) is 0. The highest BCUT2D eigenvalue weighted by molar-refractivity contribution is 5.95. The lowest BCUT2D eigenvalue weighted by atomic mass is 10.1. The minimum atomic E-state index is -0.655. The van der Waals surface area contributed by atoms with Crippen LogP contribution in [-0.4, -0.2) is 24.4 Å². The molecule has 154 valence electrons. The lowest BCUT2D eigenvalue weighted by Gasteiger charge is -2.19. The summed E-state index contributed by atoms with van der Waals surface area (Å²) in [5.41, 5.74) is 4.98. The summed E-state index contributed by atoms with van der Waals surface area (Å²) in [6, 6.07) is 19.3. The molecule has 2 aromatic carbocycles. The van der Waals surface area contributed by atoms with E-state index in [0.29, 0.717) is 6.54 Å². The Morgan fingerprint density at radius 2 is 1.80 bits per heavy atom. The number of nitrogens with one attached hydrogen (secondary N) is 2. The molecule has 6 nitrogen and oxygen atoms in total. The van der Waals surface area contributed by atoms with E-state index in [1.54, 1.807) is 19.1 Å². The van der Waals surface area contributed by atoms with Crippen LogP contribution < -0.4 is 15.5 Å². The molecule has 6 heteroatoms. The molecule has 3 aromatic rings. The van der Waals surface area contributed by atoms with Crippen molar-refractivity contribution >= 4 is 17.5 Å². The van der Waals surface area contributed by atoms with Crippen LogP contribution >= 0.6 is 0 Å². The highest BCUT2D eigenvalue weighted by atomic mass is 16.3. The highest BCUT2D eigenvalue weighted by Gasteiger charge is 2.19. The Labute approximate surface area is 175 Å². The zero-order valence-corrected chi connectivity index (χ0v) is 16.9. The van der Waals surface area contributed by atoms with Crippen molar-refractivity contribution in [2.75, 3.05) is 11.4 Å². The van der Waals surface area contributed by atoms with Gasteiger partial charge in [-0.25, -0.2) is 0 Å². The molecule has 2 amide bonds. The third kappa shape index (κ3) is 4.54.